The molecule has 2 fully saturated rings. The Morgan fingerprint density at radius 1 is 0.759 bits per heavy atom. The Balaban J connectivity index is 1.18. The van der Waals surface area contributed by atoms with Crippen LogP contribution in [0.15, 0.2) is 79.6 Å². The van der Waals surface area contributed by atoms with Crippen LogP contribution in [0.3, 0.4) is 0 Å². The highest BCUT2D eigenvalue weighted by atomic mass is 17.2. The van der Waals surface area contributed by atoms with Crippen LogP contribution >= 0.6 is 0 Å². The van der Waals surface area contributed by atoms with Gasteiger partial charge in [0.2, 0.25) is 0 Å². The lowest BCUT2D eigenvalue weighted by Gasteiger charge is -2.18. The van der Waals surface area contributed by atoms with Crippen molar-refractivity contribution in [2.45, 2.75) is 56.8 Å². The van der Waals surface area contributed by atoms with E-state index >= 15 is 0 Å². The molecule has 0 N–H and O–H groups in total. The lowest BCUT2D eigenvalue weighted by Crippen LogP contribution is -2.33. The van der Waals surface area contributed by atoms with E-state index in [4.69, 9.17) is 47.7 Å². The Labute approximate surface area is 318 Å². The quantitative estimate of drug-likeness (QED) is 0.0252. The lowest BCUT2D eigenvalue weighted by atomic mass is 9.97. The highest BCUT2D eigenvalue weighted by Crippen LogP contribution is 2.37. The van der Waals surface area contributed by atoms with Crippen molar-refractivity contribution >= 4 is 29.8 Å². The second-order valence-electron chi connectivity index (χ2n) is 12.7. The monoisotopic (exact) mass is 750 g/mol. The lowest BCUT2D eigenvalue weighted by molar-refractivity contribution is -0.245. The predicted molar refractivity (Wildman–Crippen MR) is 203 cm³/mol. The highest BCUT2D eigenvalue weighted by molar-refractivity contribution is 5.87. The standard InChI is InChI=1S/C42H54O12/c1-5-39(43)50-26-9-7-6-8-25-49-35-19-14-32(15-20-35)16-21-40(44)53-38-30-52-41-36(29-51-42(38)41)37(54-46-4)28-33-12-17-34(18-13-33)31(2)48-27-11-24-47-23-10-22-45-3/h5,12-21,28,36,38,41-42H,1-2,6-11,22-27,29-30H2,3-4H3/b21-16+,37-28?/t36-,38-,41-,42-/m1/s1. The zero-order chi connectivity index (χ0) is 38.4. The van der Waals surface area contributed by atoms with E-state index in [0.717, 1.165) is 61.0 Å². The molecular weight excluding hydrogens is 696 g/mol. The summed E-state index contributed by atoms with van der Waals surface area (Å²) in [6.07, 6.45) is 10.0. The summed E-state index contributed by atoms with van der Waals surface area (Å²) in [4.78, 5) is 34.5. The molecule has 2 heterocycles. The fourth-order valence-corrected chi connectivity index (χ4v) is 5.88. The first-order valence-corrected chi connectivity index (χ1v) is 18.5. The number of fused-ring (bicyclic) bond motifs is 1. The molecule has 0 saturated carbocycles. The van der Waals surface area contributed by atoms with Crippen molar-refractivity contribution in [2.75, 3.05) is 67.1 Å². The van der Waals surface area contributed by atoms with Crippen molar-refractivity contribution in [1.29, 1.82) is 0 Å². The summed E-state index contributed by atoms with van der Waals surface area (Å²) in [6.45, 7) is 11.4. The van der Waals surface area contributed by atoms with E-state index in [9.17, 15) is 9.59 Å². The molecule has 294 valence electrons. The molecule has 54 heavy (non-hydrogen) atoms. The van der Waals surface area contributed by atoms with Crippen molar-refractivity contribution in [2.24, 2.45) is 5.92 Å². The number of ether oxygens (including phenoxy) is 8. The van der Waals surface area contributed by atoms with E-state index in [1.807, 2.05) is 54.6 Å². The average Bonchev–Trinajstić information content (AvgIpc) is 3.79. The number of esters is 2. The van der Waals surface area contributed by atoms with Gasteiger partial charge in [-0.15, -0.1) is 0 Å². The van der Waals surface area contributed by atoms with Crippen LogP contribution in [0.2, 0.25) is 0 Å². The fraction of sp³-hybridized carbons (Fsp3) is 0.476. The van der Waals surface area contributed by atoms with Crippen LogP contribution < -0.4 is 4.74 Å². The minimum Gasteiger partial charge on any atom is -0.494 e. The molecule has 2 saturated heterocycles. The summed E-state index contributed by atoms with van der Waals surface area (Å²) in [5.74, 6) is 0.733. The Bertz CT molecular complexity index is 1500. The Kier molecular flexibility index (Phi) is 18.8. The van der Waals surface area contributed by atoms with Crippen molar-refractivity contribution in [1.82, 2.24) is 0 Å². The van der Waals surface area contributed by atoms with Gasteiger partial charge in [-0.05, 0) is 67.5 Å². The number of carbonyl (C=O) groups is 2. The molecule has 0 radical (unpaired) electrons. The number of unbranched alkanes of at least 4 members (excludes halogenated alkanes) is 3. The van der Waals surface area contributed by atoms with E-state index in [0.29, 0.717) is 57.8 Å². The third-order valence-corrected chi connectivity index (χ3v) is 8.72. The van der Waals surface area contributed by atoms with Gasteiger partial charge in [0.05, 0.1) is 52.2 Å². The summed E-state index contributed by atoms with van der Waals surface area (Å²) in [6, 6.07) is 15.2. The van der Waals surface area contributed by atoms with Gasteiger partial charge in [0.15, 0.2) is 11.9 Å². The minimum absolute atomic E-state index is 0.206. The van der Waals surface area contributed by atoms with Crippen LogP contribution in [0, 0.1) is 5.92 Å². The van der Waals surface area contributed by atoms with Gasteiger partial charge in [0.1, 0.15) is 17.6 Å². The molecule has 2 aromatic carbocycles. The number of hydrogen-bond donors (Lipinski definition) is 0. The molecule has 0 amide bonds. The Morgan fingerprint density at radius 2 is 1.44 bits per heavy atom. The molecule has 4 rings (SSSR count). The fourth-order valence-electron chi connectivity index (χ4n) is 5.88. The maximum Gasteiger partial charge on any atom is 0.331 e. The number of rotatable bonds is 26. The van der Waals surface area contributed by atoms with Gasteiger partial charge in [-0.1, -0.05) is 49.6 Å². The van der Waals surface area contributed by atoms with Gasteiger partial charge < -0.3 is 42.8 Å². The third-order valence-electron chi connectivity index (χ3n) is 8.72. The van der Waals surface area contributed by atoms with Gasteiger partial charge in [-0.25, -0.2) is 9.59 Å². The molecule has 12 heteroatoms. The maximum absolute atomic E-state index is 12.8. The van der Waals surface area contributed by atoms with Crippen LogP contribution in [-0.2, 0) is 52.5 Å². The molecule has 0 aromatic heterocycles. The van der Waals surface area contributed by atoms with E-state index in [2.05, 4.69) is 13.2 Å². The van der Waals surface area contributed by atoms with E-state index in [1.165, 1.54) is 19.3 Å². The van der Waals surface area contributed by atoms with Crippen LogP contribution in [0.25, 0.3) is 17.9 Å². The third kappa shape index (κ3) is 14.4. The van der Waals surface area contributed by atoms with Gasteiger partial charge in [-0.3, -0.25) is 0 Å². The number of benzene rings is 2. The predicted octanol–water partition coefficient (Wildman–Crippen LogP) is 6.74. The second kappa shape index (κ2) is 24.0. The molecular formula is C42H54O12. The molecule has 2 aliphatic rings. The van der Waals surface area contributed by atoms with Crippen LogP contribution in [0.5, 0.6) is 5.75 Å². The minimum atomic E-state index is -0.564. The van der Waals surface area contributed by atoms with Gasteiger partial charge >= 0.3 is 11.9 Å². The van der Waals surface area contributed by atoms with Crippen LogP contribution in [-0.4, -0.2) is 97.3 Å². The molecule has 0 spiro atoms. The summed E-state index contributed by atoms with van der Waals surface area (Å²) >= 11 is 0. The summed E-state index contributed by atoms with van der Waals surface area (Å²) in [5.41, 5.74) is 2.59. The highest BCUT2D eigenvalue weighted by Gasteiger charge is 2.51. The molecule has 12 nitrogen and oxygen atoms in total. The Morgan fingerprint density at radius 3 is 2.17 bits per heavy atom. The molecule has 4 atom stereocenters. The molecule has 2 aliphatic heterocycles. The SMILES string of the molecule is C=CC(=O)OCCCCCCOc1ccc(/C=C/C(=O)O[C@@H]2CO[C@H]3[C@@H]2OC[C@@H]3C(=Cc2ccc(C(=C)OCCCOCCCOC)cc2)OOC)cc1. The van der Waals surface area contributed by atoms with Crippen molar-refractivity contribution in [3.05, 3.63) is 96.3 Å². The van der Waals surface area contributed by atoms with Crippen LogP contribution in [0.4, 0.5) is 0 Å². The first-order chi connectivity index (χ1) is 26.4. The van der Waals surface area contributed by atoms with Gasteiger partial charge in [-0.2, -0.15) is 4.89 Å². The van der Waals surface area contributed by atoms with Crippen molar-refractivity contribution in [3.63, 3.8) is 0 Å². The first kappa shape index (κ1) is 42.3. The molecule has 0 unspecified atom stereocenters. The number of carbonyl (C=O) groups excluding carboxylic acids is 2. The van der Waals surface area contributed by atoms with E-state index in [-0.39, 0.29) is 18.6 Å². The second-order valence-corrected chi connectivity index (χ2v) is 12.7. The zero-order valence-electron chi connectivity index (χ0n) is 31.5. The van der Waals surface area contributed by atoms with Gasteiger partial charge in [0.25, 0.3) is 0 Å². The van der Waals surface area contributed by atoms with E-state index < -0.39 is 24.1 Å². The molecule has 0 bridgehead atoms. The number of methoxy groups -OCH3 is 1. The van der Waals surface area contributed by atoms with Crippen molar-refractivity contribution < 1.29 is 57.3 Å². The Hall–Kier alpha value is -4.46. The first-order valence-electron chi connectivity index (χ1n) is 18.5. The van der Waals surface area contributed by atoms with E-state index in [1.54, 1.807) is 13.2 Å². The van der Waals surface area contributed by atoms with Crippen molar-refractivity contribution in [3.8, 4) is 5.75 Å². The summed E-state index contributed by atoms with van der Waals surface area (Å²) < 4.78 is 45.1. The molecule has 2 aromatic rings. The maximum atomic E-state index is 12.8. The largest absolute Gasteiger partial charge is 0.494 e. The van der Waals surface area contributed by atoms with Gasteiger partial charge in [0, 0.05) is 51.1 Å². The number of hydrogen-bond acceptors (Lipinski definition) is 12. The van der Waals surface area contributed by atoms with Crippen LogP contribution in [0.1, 0.15) is 55.2 Å². The topological polar surface area (TPSA) is 126 Å². The smallest absolute Gasteiger partial charge is 0.331 e. The summed E-state index contributed by atoms with van der Waals surface area (Å²) in [5, 5.41) is 0. The average molecular weight is 751 g/mol. The normalized spacial score (nSPS) is 19.3. The summed E-state index contributed by atoms with van der Waals surface area (Å²) in [7, 11) is 3.13. The zero-order valence-corrected chi connectivity index (χ0v) is 31.5. The molecule has 0 aliphatic carbocycles.